The van der Waals surface area contributed by atoms with E-state index < -0.39 is 5.82 Å². The Morgan fingerprint density at radius 3 is 2.33 bits per heavy atom. The molecule has 4 nitrogen and oxygen atoms in total. The van der Waals surface area contributed by atoms with Crippen molar-refractivity contribution in [2.75, 3.05) is 14.2 Å². The van der Waals surface area contributed by atoms with Gasteiger partial charge < -0.3 is 14.2 Å². The maximum absolute atomic E-state index is 13.8. The molecule has 0 amide bonds. The van der Waals surface area contributed by atoms with Crippen LogP contribution in [-0.4, -0.2) is 20.5 Å². The topological polar surface area (TPSA) is 44.8 Å². The molecule has 0 N–H and O–H groups in total. The summed E-state index contributed by atoms with van der Waals surface area (Å²) in [6.07, 6.45) is 0.680. The van der Waals surface area contributed by atoms with E-state index in [0.29, 0.717) is 34.7 Å². The number of benzene rings is 2. The highest BCUT2D eigenvalue weighted by atomic mass is 19.1. The molecule has 0 unspecified atom stereocenters. The maximum atomic E-state index is 13.8. The van der Waals surface area contributed by atoms with E-state index in [9.17, 15) is 9.18 Å². The van der Waals surface area contributed by atoms with Crippen LogP contribution in [0.5, 0.6) is 17.2 Å². The van der Waals surface area contributed by atoms with Crippen LogP contribution in [0.1, 0.15) is 15.9 Å². The van der Waals surface area contributed by atoms with Crippen molar-refractivity contribution in [1.82, 2.24) is 0 Å². The summed E-state index contributed by atoms with van der Waals surface area (Å²) in [6, 6.07) is 9.34. The summed E-state index contributed by atoms with van der Waals surface area (Å²) in [5.41, 5.74) is 0.750. The molecule has 0 aliphatic rings. The summed E-state index contributed by atoms with van der Waals surface area (Å²) in [5, 5.41) is 0. The molecular weight excluding hydrogens is 275 g/mol. The standard InChI is InChI=1S/C16H15FO4/c1-19-13-6-4-12(15(17)7-13)10-21-16-8-14(20-2)5-3-11(16)9-18/h3-9H,10H2,1-2H3. The predicted molar refractivity (Wildman–Crippen MR) is 75.7 cm³/mol. The Hall–Kier alpha value is -2.56. The molecule has 0 bridgehead atoms. The molecule has 0 saturated carbocycles. The van der Waals surface area contributed by atoms with E-state index in [1.54, 1.807) is 30.3 Å². The molecule has 110 valence electrons. The lowest BCUT2D eigenvalue weighted by Crippen LogP contribution is -2.01. The molecule has 2 rings (SSSR count). The Kier molecular flexibility index (Phi) is 4.77. The average Bonchev–Trinajstić information content (AvgIpc) is 2.53. The third kappa shape index (κ3) is 3.51. The van der Waals surface area contributed by atoms with Gasteiger partial charge in [0.15, 0.2) is 6.29 Å². The van der Waals surface area contributed by atoms with Crippen molar-refractivity contribution in [1.29, 1.82) is 0 Å². The molecule has 0 aromatic heterocycles. The van der Waals surface area contributed by atoms with E-state index in [1.807, 2.05) is 0 Å². The Labute approximate surface area is 122 Å². The minimum Gasteiger partial charge on any atom is -0.497 e. The second kappa shape index (κ2) is 6.74. The fraction of sp³-hybridized carbons (Fsp3) is 0.188. The van der Waals surface area contributed by atoms with Crippen LogP contribution >= 0.6 is 0 Å². The lowest BCUT2D eigenvalue weighted by molar-refractivity contribution is 0.111. The third-order valence-corrected chi connectivity index (χ3v) is 2.99. The number of hydrogen-bond donors (Lipinski definition) is 0. The monoisotopic (exact) mass is 290 g/mol. The van der Waals surface area contributed by atoms with Gasteiger partial charge in [0.2, 0.25) is 0 Å². The minimum absolute atomic E-state index is 0.00380. The van der Waals surface area contributed by atoms with Gasteiger partial charge in [-0.05, 0) is 24.3 Å². The zero-order valence-corrected chi connectivity index (χ0v) is 11.8. The van der Waals surface area contributed by atoms with Gasteiger partial charge in [0, 0.05) is 17.7 Å². The highest BCUT2D eigenvalue weighted by molar-refractivity contribution is 5.79. The van der Waals surface area contributed by atoms with Crippen LogP contribution in [0.2, 0.25) is 0 Å². The molecule has 0 heterocycles. The van der Waals surface area contributed by atoms with Crippen LogP contribution in [0, 0.1) is 5.82 Å². The van der Waals surface area contributed by atoms with Crippen molar-refractivity contribution >= 4 is 6.29 Å². The highest BCUT2D eigenvalue weighted by Gasteiger charge is 2.08. The van der Waals surface area contributed by atoms with Crippen LogP contribution < -0.4 is 14.2 Å². The number of carbonyl (C=O) groups excluding carboxylic acids is 1. The van der Waals surface area contributed by atoms with E-state index in [2.05, 4.69) is 0 Å². The average molecular weight is 290 g/mol. The quantitative estimate of drug-likeness (QED) is 0.766. The molecule has 0 atom stereocenters. The molecule has 0 aliphatic heterocycles. The van der Waals surface area contributed by atoms with Gasteiger partial charge in [0.1, 0.15) is 29.7 Å². The number of rotatable bonds is 6. The van der Waals surface area contributed by atoms with Crippen molar-refractivity contribution < 1.29 is 23.4 Å². The molecule has 0 fully saturated rings. The molecule has 5 heteroatoms. The first-order chi connectivity index (χ1) is 10.2. The van der Waals surface area contributed by atoms with Crippen LogP contribution in [0.25, 0.3) is 0 Å². The largest absolute Gasteiger partial charge is 0.497 e. The van der Waals surface area contributed by atoms with Gasteiger partial charge >= 0.3 is 0 Å². The number of carbonyl (C=O) groups is 1. The van der Waals surface area contributed by atoms with Gasteiger partial charge in [-0.2, -0.15) is 0 Å². The van der Waals surface area contributed by atoms with E-state index in [4.69, 9.17) is 14.2 Å². The second-order valence-corrected chi connectivity index (χ2v) is 4.27. The van der Waals surface area contributed by atoms with Gasteiger partial charge in [0.05, 0.1) is 19.8 Å². The van der Waals surface area contributed by atoms with Gasteiger partial charge in [-0.3, -0.25) is 4.79 Å². The number of hydrogen-bond acceptors (Lipinski definition) is 4. The first-order valence-electron chi connectivity index (χ1n) is 6.26. The number of ether oxygens (including phenoxy) is 3. The minimum atomic E-state index is -0.426. The van der Waals surface area contributed by atoms with E-state index in [-0.39, 0.29) is 6.61 Å². The molecule has 0 spiro atoms. The van der Waals surface area contributed by atoms with Crippen molar-refractivity contribution in [2.45, 2.75) is 6.61 Å². The van der Waals surface area contributed by atoms with Crippen molar-refractivity contribution in [2.24, 2.45) is 0 Å². The fourth-order valence-electron chi connectivity index (χ4n) is 1.79. The van der Waals surface area contributed by atoms with Crippen molar-refractivity contribution in [3.05, 3.63) is 53.3 Å². The molecule has 0 aliphatic carbocycles. The molecule has 0 saturated heterocycles. The molecular formula is C16H15FO4. The lowest BCUT2D eigenvalue weighted by Gasteiger charge is -2.11. The summed E-state index contributed by atoms with van der Waals surface area (Å²) in [6.45, 7) is 0.00380. The lowest BCUT2D eigenvalue weighted by atomic mass is 10.2. The van der Waals surface area contributed by atoms with Crippen LogP contribution in [0.15, 0.2) is 36.4 Å². The first kappa shape index (κ1) is 14.8. The Morgan fingerprint density at radius 2 is 1.71 bits per heavy atom. The number of halogens is 1. The van der Waals surface area contributed by atoms with Gasteiger partial charge in [-0.15, -0.1) is 0 Å². The highest BCUT2D eigenvalue weighted by Crippen LogP contribution is 2.25. The second-order valence-electron chi connectivity index (χ2n) is 4.27. The molecule has 21 heavy (non-hydrogen) atoms. The zero-order chi connectivity index (χ0) is 15.2. The Bertz CT molecular complexity index is 640. The SMILES string of the molecule is COc1ccc(COc2cc(OC)ccc2C=O)c(F)c1. The summed E-state index contributed by atoms with van der Waals surface area (Å²) in [7, 11) is 2.99. The molecule has 0 radical (unpaired) electrons. The van der Waals surface area contributed by atoms with E-state index in [0.717, 1.165) is 0 Å². The zero-order valence-electron chi connectivity index (χ0n) is 11.8. The van der Waals surface area contributed by atoms with Gasteiger partial charge in [-0.25, -0.2) is 4.39 Å². The molecule has 2 aromatic rings. The molecule has 2 aromatic carbocycles. The summed E-state index contributed by atoms with van der Waals surface area (Å²) < 4.78 is 29.3. The number of aldehydes is 1. The van der Waals surface area contributed by atoms with Gasteiger partial charge in [-0.1, -0.05) is 0 Å². The normalized spacial score (nSPS) is 10.0. The smallest absolute Gasteiger partial charge is 0.153 e. The van der Waals surface area contributed by atoms with Crippen LogP contribution in [0.3, 0.4) is 0 Å². The maximum Gasteiger partial charge on any atom is 0.153 e. The van der Waals surface area contributed by atoms with E-state index >= 15 is 0 Å². The Balaban J connectivity index is 2.17. The fourth-order valence-corrected chi connectivity index (χ4v) is 1.79. The summed E-state index contributed by atoms with van der Waals surface area (Å²) in [4.78, 5) is 11.0. The first-order valence-corrected chi connectivity index (χ1v) is 6.26. The van der Waals surface area contributed by atoms with Crippen molar-refractivity contribution in [3.8, 4) is 17.2 Å². The summed E-state index contributed by atoms with van der Waals surface area (Å²) >= 11 is 0. The van der Waals surface area contributed by atoms with Crippen molar-refractivity contribution in [3.63, 3.8) is 0 Å². The van der Waals surface area contributed by atoms with Crippen LogP contribution in [-0.2, 0) is 6.61 Å². The Morgan fingerprint density at radius 1 is 1.05 bits per heavy atom. The van der Waals surface area contributed by atoms with E-state index in [1.165, 1.54) is 20.3 Å². The predicted octanol–water partition coefficient (Wildman–Crippen LogP) is 3.23. The van der Waals surface area contributed by atoms with Gasteiger partial charge in [0.25, 0.3) is 0 Å². The third-order valence-electron chi connectivity index (χ3n) is 2.99. The van der Waals surface area contributed by atoms with Crippen LogP contribution in [0.4, 0.5) is 4.39 Å². The summed E-state index contributed by atoms with van der Waals surface area (Å²) in [5.74, 6) is 0.918. The number of methoxy groups -OCH3 is 2.